The van der Waals surface area contributed by atoms with Gasteiger partial charge in [-0.3, -0.25) is 4.79 Å². The maximum atomic E-state index is 13.6. The monoisotopic (exact) mass is 667 g/mol. The molecule has 0 aliphatic heterocycles. The summed E-state index contributed by atoms with van der Waals surface area (Å²) in [5.41, 5.74) is 1.42. The predicted molar refractivity (Wildman–Crippen MR) is 159 cm³/mol. The maximum absolute atomic E-state index is 13.6. The van der Waals surface area contributed by atoms with Crippen LogP contribution in [0, 0.1) is 0 Å². The fourth-order valence-corrected chi connectivity index (χ4v) is 4.97. The highest BCUT2D eigenvalue weighted by Crippen LogP contribution is 2.42. The van der Waals surface area contributed by atoms with Crippen molar-refractivity contribution in [2.45, 2.75) is 13.8 Å². The Hall–Kier alpha value is -3.96. The van der Waals surface area contributed by atoms with Gasteiger partial charge in [0.15, 0.2) is 23.9 Å². The van der Waals surface area contributed by atoms with Gasteiger partial charge in [-0.25, -0.2) is 9.78 Å². The van der Waals surface area contributed by atoms with Crippen molar-refractivity contribution in [3.8, 4) is 23.1 Å². The van der Waals surface area contributed by atoms with Gasteiger partial charge in [0, 0.05) is 15.4 Å². The molecular formula is C29H23Br2N3O6. The first-order valence-corrected chi connectivity index (χ1v) is 14.0. The number of esters is 1. The first kappa shape index (κ1) is 27.6. The Balaban J connectivity index is 1.61. The molecule has 2 heterocycles. The molecular weight excluding hydrogens is 646 g/mol. The molecule has 0 bridgehead atoms. The van der Waals surface area contributed by atoms with Crippen LogP contribution in [-0.4, -0.2) is 41.7 Å². The van der Waals surface area contributed by atoms with E-state index in [1.807, 2.05) is 43.3 Å². The number of para-hydroxylation sites is 2. The number of ether oxygens (including phenoxy) is 3. The lowest BCUT2D eigenvalue weighted by atomic mass is 10.2. The second-order valence-electron chi connectivity index (χ2n) is 8.41. The summed E-state index contributed by atoms with van der Waals surface area (Å²) >= 11 is 7.08. The van der Waals surface area contributed by atoms with Crippen molar-refractivity contribution in [1.29, 1.82) is 0 Å². The fourth-order valence-electron chi connectivity index (χ4n) is 4.03. The lowest BCUT2D eigenvalue weighted by molar-refractivity contribution is -0.145. The summed E-state index contributed by atoms with van der Waals surface area (Å²) in [5.74, 6) is 0.862. The van der Waals surface area contributed by atoms with Gasteiger partial charge in [-0.15, -0.1) is 0 Å². The normalized spacial score (nSPS) is 11.4. The number of nitrogens with zero attached hydrogens (tertiary/aromatic N) is 3. The van der Waals surface area contributed by atoms with Gasteiger partial charge in [-0.1, -0.05) is 30.3 Å². The van der Waals surface area contributed by atoms with E-state index < -0.39 is 5.97 Å². The molecule has 40 heavy (non-hydrogen) atoms. The van der Waals surface area contributed by atoms with E-state index in [9.17, 15) is 9.59 Å². The Bertz CT molecular complexity index is 1780. The number of hydrogen-bond donors (Lipinski definition) is 0. The van der Waals surface area contributed by atoms with Crippen LogP contribution in [0.25, 0.3) is 33.5 Å². The number of rotatable bonds is 9. The largest absolute Gasteiger partial charge is 0.490 e. The first-order chi connectivity index (χ1) is 19.4. The van der Waals surface area contributed by atoms with Gasteiger partial charge >= 0.3 is 5.97 Å². The van der Waals surface area contributed by atoms with Gasteiger partial charge in [-0.2, -0.15) is 9.78 Å². The number of benzene rings is 3. The Morgan fingerprint density at radius 2 is 1.80 bits per heavy atom. The molecule has 0 radical (unpaired) electrons. The van der Waals surface area contributed by atoms with Crippen LogP contribution in [-0.2, 0) is 9.53 Å². The first-order valence-electron chi connectivity index (χ1n) is 12.4. The topological polar surface area (TPSA) is 105 Å². The highest BCUT2D eigenvalue weighted by Gasteiger charge is 2.20. The number of hydrogen-bond acceptors (Lipinski definition) is 8. The zero-order valence-electron chi connectivity index (χ0n) is 21.5. The van der Waals surface area contributed by atoms with E-state index >= 15 is 0 Å². The molecule has 0 spiro atoms. The molecule has 2 aromatic heterocycles. The van der Waals surface area contributed by atoms with Crippen LogP contribution >= 0.6 is 31.9 Å². The smallest absolute Gasteiger partial charge is 0.344 e. The summed E-state index contributed by atoms with van der Waals surface area (Å²) in [4.78, 5) is 30.2. The van der Waals surface area contributed by atoms with Gasteiger partial charge in [0.1, 0.15) is 5.58 Å². The lowest BCUT2D eigenvalue weighted by Crippen LogP contribution is -2.20. The third-order valence-electron chi connectivity index (χ3n) is 5.81. The van der Waals surface area contributed by atoms with Crippen LogP contribution in [0.15, 0.2) is 83.9 Å². The molecule has 0 saturated heterocycles. The Labute approximate surface area is 245 Å². The summed E-state index contributed by atoms with van der Waals surface area (Å²) in [6.07, 6.45) is 1.51. The van der Waals surface area contributed by atoms with Gasteiger partial charge in [0.05, 0.1) is 34.8 Å². The standard InChI is InChI=1S/C29H23Br2N3O6/c1-3-37-22-14-18(25(30)26(31)27(22)39-16-24(35)38-4-2)15-32-34-28(23-13-17-9-5-8-12-21(17)40-23)33-20-11-7-6-10-19(20)29(34)36/h5-15H,3-4,16H2,1-2H3. The Morgan fingerprint density at radius 1 is 1.02 bits per heavy atom. The minimum absolute atomic E-state index is 0.250. The molecule has 5 rings (SSSR count). The molecule has 11 heteroatoms. The van der Waals surface area contributed by atoms with Crippen molar-refractivity contribution in [3.05, 3.63) is 85.5 Å². The molecule has 5 aromatic rings. The zero-order chi connectivity index (χ0) is 28.2. The quantitative estimate of drug-likeness (QED) is 0.129. The van der Waals surface area contributed by atoms with Gasteiger partial charge in [0.2, 0.25) is 5.82 Å². The molecule has 0 aliphatic carbocycles. The van der Waals surface area contributed by atoms with E-state index in [1.165, 1.54) is 10.9 Å². The van der Waals surface area contributed by atoms with Crippen molar-refractivity contribution >= 4 is 65.9 Å². The SMILES string of the molecule is CCOC(=O)COc1c(OCC)cc(C=Nn2c(-c3cc4ccccc4o3)nc3ccccc3c2=O)c(Br)c1Br. The van der Waals surface area contributed by atoms with Crippen molar-refractivity contribution in [2.75, 3.05) is 19.8 Å². The van der Waals surface area contributed by atoms with Crippen molar-refractivity contribution in [3.63, 3.8) is 0 Å². The third kappa shape index (κ3) is 5.52. The van der Waals surface area contributed by atoms with Crippen molar-refractivity contribution < 1.29 is 23.4 Å². The van der Waals surface area contributed by atoms with E-state index in [2.05, 4.69) is 37.0 Å². The molecule has 0 atom stereocenters. The molecule has 0 fully saturated rings. The van der Waals surface area contributed by atoms with Crippen LogP contribution in [0.2, 0.25) is 0 Å². The Morgan fingerprint density at radius 3 is 2.58 bits per heavy atom. The number of furan rings is 1. The number of fused-ring (bicyclic) bond motifs is 2. The number of carbonyl (C=O) groups is 1. The molecule has 0 saturated carbocycles. The summed E-state index contributed by atoms with van der Waals surface area (Å²) < 4.78 is 24.8. The third-order valence-corrected chi connectivity index (χ3v) is 7.95. The molecule has 3 aromatic carbocycles. The summed E-state index contributed by atoms with van der Waals surface area (Å²) in [6.45, 7) is 3.87. The summed E-state index contributed by atoms with van der Waals surface area (Å²) in [6, 6.07) is 18.1. The predicted octanol–water partition coefficient (Wildman–Crippen LogP) is 6.56. The lowest BCUT2D eigenvalue weighted by Gasteiger charge is -2.16. The van der Waals surface area contributed by atoms with Gasteiger partial charge in [-0.05, 0) is 76.0 Å². The highest BCUT2D eigenvalue weighted by atomic mass is 79.9. The molecule has 0 N–H and O–H groups in total. The highest BCUT2D eigenvalue weighted by molar-refractivity contribution is 9.13. The Kier molecular flexibility index (Phi) is 8.32. The second kappa shape index (κ2) is 12.1. The molecule has 0 aliphatic rings. The molecule has 0 amide bonds. The zero-order valence-corrected chi connectivity index (χ0v) is 24.7. The van der Waals surface area contributed by atoms with E-state index in [0.717, 1.165) is 5.39 Å². The second-order valence-corrected chi connectivity index (χ2v) is 10.00. The fraction of sp³-hybridized carbons (Fsp3) is 0.172. The maximum Gasteiger partial charge on any atom is 0.344 e. The van der Waals surface area contributed by atoms with Crippen molar-refractivity contribution in [1.82, 2.24) is 9.66 Å². The van der Waals surface area contributed by atoms with Crippen LogP contribution in [0.5, 0.6) is 11.5 Å². The number of carbonyl (C=O) groups excluding carboxylic acids is 1. The van der Waals surface area contributed by atoms with E-state index in [0.29, 0.717) is 54.9 Å². The summed E-state index contributed by atoms with van der Waals surface area (Å²) in [5, 5.41) is 5.83. The van der Waals surface area contributed by atoms with Crippen LogP contribution in [0.3, 0.4) is 0 Å². The van der Waals surface area contributed by atoms with Crippen LogP contribution < -0.4 is 15.0 Å². The van der Waals surface area contributed by atoms with Crippen molar-refractivity contribution in [2.24, 2.45) is 5.10 Å². The number of aromatic nitrogens is 2. The average molecular weight is 669 g/mol. The molecule has 9 nitrogen and oxygen atoms in total. The van der Waals surface area contributed by atoms with Gasteiger partial charge in [0.25, 0.3) is 5.56 Å². The van der Waals surface area contributed by atoms with Crippen LogP contribution in [0.4, 0.5) is 0 Å². The average Bonchev–Trinajstić information content (AvgIpc) is 3.39. The minimum atomic E-state index is -0.500. The van der Waals surface area contributed by atoms with E-state index in [1.54, 1.807) is 31.2 Å². The van der Waals surface area contributed by atoms with E-state index in [-0.39, 0.29) is 24.6 Å². The minimum Gasteiger partial charge on any atom is -0.490 e. The molecule has 0 unspecified atom stereocenters. The van der Waals surface area contributed by atoms with Gasteiger partial charge < -0.3 is 18.6 Å². The summed E-state index contributed by atoms with van der Waals surface area (Å²) in [7, 11) is 0. The van der Waals surface area contributed by atoms with E-state index in [4.69, 9.17) is 23.6 Å². The number of halogens is 2. The van der Waals surface area contributed by atoms with Crippen LogP contribution in [0.1, 0.15) is 19.4 Å². The molecule has 204 valence electrons.